The molecule has 3 nitrogen and oxygen atoms in total. The Labute approximate surface area is 112 Å². The van der Waals surface area contributed by atoms with Crippen molar-refractivity contribution in [3.63, 3.8) is 0 Å². The molecule has 0 unspecified atom stereocenters. The molecule has 0 bridgehead atoms. The highest BCUT2D eigenvalue weighted by molar-refractivity contribution is 6.07. The number of rotatable bonds is 1. The Balaban J connectivity index is 2.03. The first-order valence-electron chi connectivity index (χ1n) is 5.99. The highest BCUT2D eigenvalue weighted by Crippen LogP contribution is 2.29. The second-order valence-corrected chi connectivity index (χ2v) is 4.43. The SMILES string of the molecule is O=C(c1cc(F)nc(F)c1F)N1CCc2ccccc21. The summed E-state index contributed by atoms with van der Waals surface area (Å²) in [6.07, 6.45) is 0.625. The molecule has 3 rings (SSSR count). The Morgan fingerprint density at radius 1 is 1.20 bits per heavy atom. The molecule has 0 spiro atoms. The zero-order valence-corrected chi connectivity index (χ0v) is 10.2. The standard InChI is InChI=1S/C14H9F3N2O/c15-11-7-9(12(16)13(17)18-11)14(20)19-6-5-8-3-1-2-4-10(8)19/h1-4,7H,5-6H2. The molecule has 0 N–H and O–H groups in total. The third-order valence-corrected chi connectivity index (χ3v) is 3.25. The molecule has 6 heteroatoms. The minimum absolute atomic E-state index is 0.350. The van der Waals surface area contributed by atoms with Crippen LogP contribution in [0.1, 0.15) is 15.9 Å². The summed E-state index contributed by atoms with van der Waals surface area (Å²) in [5.74, 6) is -5.03. The lowest BCUT2D eigenvalue weighted by atomic mass is 10.1. The molecule has 0 atom stereocenters. The fourth-order valence-electron chi connectivity index (χ4n) is 2.32. The lowest BCUT2D eigenvalue weighted by Gasteiger charge is -2.17. The molecule has 0 aliphatic carbocycles. The van der Waals surface area contributed by atoms with Crippen molar-refractivity contribution in [1.82, 2.24) is 4.98 Å². The molecular formula is C14H9F3N2O. The second kappa shape index (κ2) is 4.63. The van der Waals surface area contributed by atoms with Crippen LogP contribution in [0.25, 0.3) is 0 Å². The number of para-hydroxylation sites is 1. The van der Waals surface area contributed by atoms with Crippen LogP contribution in [-0.2, 0) is 6.42 Å². The Kier molecular flexibility index (Phi) is 2.93. The summed E-state index contributed by atoms with van der Waals surface area (Å²) in [6, 6.07) is 7.76. The normalized spacial score (nSPS) is 13.4. The van der Waals surface area contributed by atoms with Crippen molar-refractivity contribution in [3.8, 4) is 0 Å². The van der Waals surface area contributed by atoms with Crippen LogP contribution in [-0.4, -0.2) is 17.4 Å². The number of carbonyl (C=O) groups is 1. The predicted octanol–water partition coefficient (Wildman–Crippen LogP) is 2.70. The molecule has 1 aromatic carbocycles. The Bertz CT molecular complexity index is 703. The summed E-state index contributed by atoms with van der Waals surface area (Å²) in [7, 11) is 0. The van der Waals surface area contributed by atoms with Crippen LogP contribution in [0.3, 0.4) is 0 Å². The van der Waals surface area contributed by atoms with E-state index in [1.165, 1.54) is 4.90 Å². The number of carbonyl (C=O) groups excluding carboxylic acids is 1. The maximum Gasteiger partial charge on any atom is 0.261 e. The minimum Gasteiger partial charge on any atom is -0.308 e. The molecule has 2 aromatic rings. The Hall–Kier alpha value is -2.37. The molecule has 0 fully saturated rings. The maximum atomic E-state index is 13.6. The molecule has 1 aromatic heterocycles. The zero-order valence-electron chi connectivity index (χ0n) is 10.2. The summed E-state index contributed by atoms with van der Waals surface area (Å²) in [6.45, 7) is 0.350. The number of hydrogen-bond donors (Lipinski definition) is 0. The molecule has 102 valence electrons. The number of benzene rings is 1. The van der Waals surface area contributed by atoms with E-state index in [2.05, 4.69) is 4.98 Å². The van der Waals surface area contributed by atoms with Crippen LogP contribution in [0.15, 0.2) is 30.3 Å². The van der Waals surface area contributed by atoms with E-state index >= 15 is 0 Å². The number of nitrogens with zero attached hydrogens (tertiary/aromatic N) is 2. The third kappa shape index (κ3) is 1.93. The predicted molar refractivity (Wildman–Crippen MR) is 65.9 cm³/mol. The van der Waals surface area contributed by atoms with Crippen LogP contribution in [0.5, 0.6) is 0 Å². The molecular weight excluding hydrogens is 269 g/mol. The van der Waals surface area contributed by atoms with Crippen molar-refractivity contribution in [2.45, 2.75) is 6.42 Å². The average Bonchev–Trinajstić information content (AvgIpc) is 2.86. The first kappa shape index (κ1) is 12.7. The van der Waals surface area contributed by atoms with Crippen molar-refractivity contribution in [2.24, 2.45) is 0 Å². The van der Waals surface area contributed by atoms with Gasteiger partial charge in [0, 0.05) is 18.3 Å². The van der Waals surface area contributed by atoms with Gasteiger partial charge in [-0.25, -0.2) is 4.39 Å². The molecule has 0 saturated carbocycles. The fourth-order valence-corrected chi connectivity index (χ4v) is 2.32. The number of fused-ring (bicyclic) bond motifs is 1. The summed E-state index contributed by atoms with van der Waals surface area (Å²) < 4.78 is 39.8. The monoisotopic (exact) mass is 278 g/mol. The highest BCUT2D eigenvalue weighted by atomic mass is 19.2. The van der Waals surface area contributed by atoms with Crippen LogP contribution in [0, 0.1) is 17.7 Å². The Morgan fingerprint density at radius 2 is 1.95 bits per heavy atom. The van der Waals surface area contributed by atoms with Crippen LogP contribution < -0.4 is 4.90 Å². The molecule has 2 heterocycles. The molecule has 0 radical (unpaired) electrons. The van der Waals surface area contributed by atoms with E-state index in [4.69, 9.17) is 0 Å². The van der Waals surface area contributed by atoms with Crippen LogP contribution >= 0.6 is 0 Å². The van der Waals surface area contributed by atoms with Crippen molar-refractivity contribution in [3.05, 3.63) is 59.2 Å². The number of anilines is 1. The van der Waals surface area contributed by atoms with E-state index in [1.54, 1.807) is 12.1 Å². The molecule has 1 amide bonds. The topological polar surface area (TPSA) is 33.2 Å². The van der Waals surface area contributed by atoms with Gasteiger partial charge in [0.1, 0.15) is 0 Å². The van der Waals surface area contributed by atoms with Crippen LogP contribution in [0.2, 0.25) is 0 Å². The van der Waals surface area contributed by atoms with E-state index in [1.807, 2.05) is 12.1 Å². The number of aromatic nitrogens is 1. The number of pyridine rings is 1. The van der Waals surface area contributed by atoms with E-state index in [0.29, 0.717) is 24.7 Å². The van der Waals surface area contributed by atoms with Crippen molar-refractivity contribution in [2.75, 3.05) is 11.4 Å². The maximum absolute atomic E-state index is 13.6. The van der Waals surface area contributed by atoms with Crippen molar-refractivity contribution < 1.29 is 18.0 Å². The highest BCUT2D eigenvalue weighted by Gasteiger charge is 2.28. The summed E-state index contributed by atoms with van der Waals surface area (Å²) in [5.41, 5.74) is 0.928. The smallest absolute Gasteiger partial charge is 0.261 e. The lowest BCUT2D eigenvalue weighted by molar-refractivity contribution is 0.0983. The van der Waals surface area contributed by atoms with E-state index < -0.39 is 29.2 Å². The molecule has 20 heavy (non-hydrogen) atoms. The first-order valence-corrected chi connectivity index (χ1v) is 5.99. The van der Waals surface area contributed by atoms with Gasteiger partial charge in [0.25, 0.3) is 11.9 Å². The van der Waals surface area contributed by atoms with Crippen LogP contribution in [0.4, 0.5) is 18.9 Å². The zero-order chi connectivity index (χ0) is 14.3. The van der Waals surface area contributed by atoms with E-state index in [-0.39, 0.29) is 0 Å². The lowest BCUT2D eigenvalue weighted by Crippen LogP contribution is -2.30. The summed E-state index contributed by atoms with van der Waals surface area (Å²) >= 11 is 0. The van der Waals surface area contributed by atoms with Gasteiger partial charge in [0.15, 0.2) is 5.82 Å². The van der Waals surface area contributed by atoms with Gasteiger partial charge in [0.2, 0.25) is 5.95 Å². The number of amides is 1. The quantitative estimate of drug-likeness (QED) is 0.751. The van der Waals surface area contributed by atoms with Gasteiger partial charge < -0.3 is 4.90 Å². The fraction of sp³-hybridized carbons (Fsp3) is 0.143. The van der Waals surface area contributed by atoms with Gasteiger partial charge in [0.05, 0.1) is 5.56 Å². The Morgan fingerprint density at radius 3 is 2.75 bits per heavy atom. The average molecular weight is 278 g/mol. The largest absolute Gasteiger partial charge is 0.308 e. The van der Waals surface area contributed by atoms with Crippen molar-refractivity contribution >= 4 is 11.6 Å². The van der Waals surface area contributed by atoms with Gasteiger partial charge in [-0.05, 0) is 18.1 Å². The van der Waals surface area contributed by atoms with Gasteiger partial charge in [-0.3, -0.25) is 4.79 Å². The number of halogens is 3. The summed E-state index contributed by atoms with van der Waals surface area (Å²) in [5, 5.41) is 0. The minimum atomic E-state index is -1.61. The molecule has 1 aliphatic rings. The number of hydrogen-bond acceptors (Lipinski definition) is 2. The van der Waals surface area contributed by atoms with Gasteiger partial charge in [-0.2, -0.15) is 13.8 Å². The van der Waals surface area contributed by atoms with Gasteiger partial charge in [-0.15, -0.1) is 0 Å². The van der Waals surface area contributed by atoms with E-state index in [9.17, 15) is 18.0 Å². The van der Waals surface area contributed by atoms with E-state index in [0.717, 1.165) is 5.56 Å². The molecule has 1 aliphatic heterocycles. The third-order valence-electron chi connectivity index (χ3n) is 3.25. The van der Waals surface area contributed by atoms with Gasteiger partial charge in [-0.1, -0.05) is 18.2 Å². The molecule has 0 saturated heterocycles. The van der Waals surface area contributed by atoms with Gasteiger partial charge >= 0.3 is 0 Å². The van der Waals surface area contributed by atoms with Crippen molar-refractivity contribution in [1.29, 1.82) is 0 Å². The summed E-state index contributed by atoms with van der Waals surface area (Å²) in [4.78, 5) is 16.3. The first-order chi connectivity index (χ1) is 9.58. The second-order valence-electron chi connectivity index (χ2n) is 4.43.